The number of benzene rings is 1. The first-order valence-electron chi connectivity index (χ1n) is 6.55. The Hall–Kier alpha value is -1.20. The van der Waals surface area contributed by atoms with E-state index in [1.54, 1.807) is 0 Å². The summed E-state index contributed by atoms with van der Waals surface area (Å²) in [7, 11) is 0. The average molecular weight is 271 g/mol. The molecular formula is C14H19F2NO2. The van der Waals surface area contributed by atoms with Crippen LogP contribution in [0.5, 0.6) is 5.75 Å². The molecule has 0 spiro atoms. The normalized spacial score (nSPS) is 18.1. The summed E-state index contributed by atoms with van der Waals surface area (Å²) < 4.78 is 32.3. The predicted molar refractivity (Wildman–Crippen MR) is 68.1 cm³/mol. The molecule has 0 saturated heterocycles. The summed E-state index contributed by atoms with van der Waals surface area (Å²) in [6.07, 6.45) is 1.99. The second-order valence-corrected chi connectivity index (χ2v) is 4.96. The van der Waals surface area contributed by atoms with Crippen LogP contribution in [-0.4, -0.2) is 30.4 Å². The highest BCUT2D eigenvalue weighted by molar-refractivity contribution is 5.26. The summed E-state index contributed by atoms with van der Waals surface area (Å²) >= 11 is 0. The zero-order valence-electron chi connectivity index (χ0n) is 11.0. The molecule has 1 saturated carbocycles. The minimum absolute atomic E-state index is 0.0554. The third kappa shape index (κ3) is 3.04. The molecule has 2 N–H and O–H groups in total. The number of halogens is 2. The molecule has 19 heavy (non-hydrogen) atoms. The Morgan fingerprint density at radius 3 is 2.47 bits per heavy atom. The van der Waals surface area contributed by atoms with Gasteiger partial charge in [-0.2, -0.15) is 0 Å². The van der Waals surface area contributed by atoms with E-state index in [1.165, 1.54) is 6.07 Å². The molecule has 1 unspecified atom stereocenters. The molecular weight excluding hydrogens is 252 g/mol. The van der Waals surface area contributed by atoms with Gasteiger partial charge in [-0.1, -0.05) is 13.0 Å². The molecule has 1 fully saturated rings. The zero-order valence-corrected chi connectivity index (χ0v) is 11.0. The van der Waals surface area contributed by atoms with E-state index in [2.05, 4.69) is 5.32 Å². The minimum Gasteiger partial charge on any atom is -0.486 e. The van der Waals surface area contributed by atoms with Gasteiger partial charge < -0.3 is 15.2 Å². The highest BCUT2D eigenvalue weighted by atomic mass is 19.1. The SMILES string of the molecule is CCNC(CO)(COc1c(F)cccc1F)C1CC1. The molecule has 0 amide bonds. The van der Waals surface area contributed by atoms with Crippen LogP contribution in [0.25, 0.3) is 0 Å². The van der Waals surface area contributed by atoms with E-state index in [1.807, 2.05) is 6.92 Å². The van der Waals surface area contributed by atoms with E-state index in [0.717, 1.165) is 25.0 Å². The molecule has 3 nitrogen and oxygen atoms in total. The Morgan fingerprint density at radius 2 is 2.00 bits per heavy atom. The molecule has 2 rings (SSSR count). The van der Waals surface area contributed by atoms with Crippen molar-refractivity contribution in [1.82, 2.24) is 5.32 Å². The molecule has 1 atom stereocenters. The molecule has 0 bridgehead atoms. The van der Waals surface area contributed by atoms with Crippen molar-refractivity contribution < 1.29 is 18.6 Å². The summed E-state index contributed by atoms with van der Waals surface area (Å²) in [4.78, 5) is 0. The monoisotopic (exact) mass is 271 g/mol. The molecule has 1 aromatic rings. The van der Waals surface area contributed by atoms with Crippen molar-refractivity contribution in [3.63, 3.8) is 0 Å². The highest BCUT2D eigenvalue weighted by Gasteiger charge is 2.45. The quantitative estimate of drug-likeness (QED) is 0.798. The summed E-state index contributed by atoms with van der Waals surface area (Å²) in [5.41, 5.74) is -0.608. The summed E-state index contributed by atoms with van der Waals surface area (Å²) in [5.74, 6) is -1.52. The zero-order chi connectivity index (χ0) is 13.9. The first kappa shape index (κ1) is 14.2. The summed E-state index contributed by atoms with van der Waals surface area (Å²) in [6.45, 7) is 2.54. The van der Waals surface area contributed by atoms with E-state index in [-0.39, 0.29) is 19.0 Å². The van der Waals surface area contributed by atoms with Gasteiger partial charge in [-0.15, -0.1) is 0 Å². The molecule has 0 radical (unpaired) electrons. The van der Waals surface area contributed by atoms with Crippen molar-refractivity contribution >= 4 is 0 Å². The number of likely N-dealkylation sites (N-methyl/N-ethyl adjacent to an activating group) is 1. The van der Waals surface area contributed by atoms with Crippen LogP contribution in [0.3, 0.4) is 0 Å². The topological polar surface area (TPSA) is 41.5 Å². The van der Waals surface area contributed by atoms with Gasteiger partial charge in [0.1, 0.15) is 6.61 Å². The van der Waals surface area contributed by atoms with Crippen LogP contribution < -0.4 is 10.1 Å². The maximum Gasteiger partial charge on any atom is 0.190 e. The number of para-hydroxylation sites is 1. The maximum absolute atomic E-state index is 13.5. The Balaban J connectivity index is 2.10. The van der Waals surface area contributed by atoms with Gasteiger partial charge in [0.15, 0.2) is 17.4 Å². The minimum atomic E-state index is -0.723. The first-order valence-corrected chi connectivity index (χ1v) is 6.55. The van der Waals surface area contributed by atoms with E-state index >= 15 is 0 Å². The third-order valence-corrected chi connectivity index (χ3v) is 3.56. The van der Waals surface area contributed by atoms with E-state index < -0.39 is 17.2 Å². The second kappa shape index (κ2) is 5.84. The first-order chi connectivity index (χ1) is 9.13. The standard InChI is InChI=1S/C14H19F2NO2/c1-2-17-14(8-18,10-6-7-10)9-19-13-11(15)4-3-5-12(13)16/h3-5,10,17-18H,2,6-9H2,1H3. The van der Waals surface area contributed by atoms with E-state index in [4.69, 9.17) is 4.74 Å². The number of nitrogens with one attached hydrogen (secondary N) is 1. The van der Waals surface area contributed by atoms with Crippen molar-refractivity contribution in [3.05, 3.63) is 29.8 Å². The van der Waals surface area contributed by atoms with Crippen molar-refractivity contribution in [3.8, 4) is 5.75 Å². The summed E-state index contributed by atoms with van der Waals surface area (Å²) in [6, 6.07) is 3.61. The molecule has 1 aromatic carbocycles. The fourth-order valence-corrected chi connectivity index (χ4v) is 2.35. The maximum atomic E-state index is 13.5. The van der Waals surface area contributed by atoms with Crippen LogP contribution in [0.4, 0.5) is 8.78 Å². The van der Waals surface area contributed by atoms with Crippen LogP contribution in [0.2, 0.25) is 0 Å². The Bertz CT molecular complexity index is 417. The average Bonchev–Trinajstić information content (AvgIpc) is 3.21. The van der Waals surface area contributed by atoms with Gasteiger partial charge in [-0.3, -0.25) is 0 Å². The molecule has 0 aliphatic heterocycles. The van der Waals surface area contributed by atoms with Crippen LogP contribution in [0.15, 0.2) is 18.2 Å². The lowest BCUT2D eigenvalue weighted by atomic mass is 9.95. The van der Waals surface area contributed by atoms with Crippen molar-refractivity contribution in [2.24, 2.45) is 5.92 Å². The molecule has 1 aliphatic rings. The Labute approximate surface area is 111 Å². The summed E-state index contributed by atoms with van der Waals surface area (Å²) in [5, 5.41) is 12.8. The van der Waals surface area contributed by atoms with Gasteiger partial charge in [0.25, 0.3) is 0 Å². The molecule has 0 heterocycles. The van der Waals surface area contributed by atoms with E-state index in [9.17, 15) is 13.9 Å². The van der Waals surface area contributed by atoms with Gasteiger partial charge in [0, 0.05) is 0 Å². The van der Waals surface area contributed by atoms with Crippen LogP contribution in [0, 0.1) is 17.6 Å². The smallest absolute Gasteiger partial charge is 0.190 e. The van der Waals surface area contributed by atoms with Gasteiger partial charge in [0.05, 0.1) is 12.1 Å². The lowest BCUT2D eigenvalue weighted by Gasteiger charge is -2.33. The molecule has 106 valence electrons. The number of hydrogen-bond donors (Lipinski definition) is 2. The van der Waals surface area contributed by atoms with Crippen LogP contribution >= 0.6 is 0 Å². The molecule has 0 aromatic heterocycles. The third-order valence-electron chi connectivity index (χ3n) is 3.56. The van der Waals surface area contributed by atoms with Crippen molar-refractivity contribution in [1.29, 1.82) is 0 Å². The van der Waals surface area contributed by atoms with Gasteiger partial charge >= 0.3 is 0 Å². The van der Waals surface area contributed by atoms with Crippen LogP contribution in [0.1, 0.15) is 19.8 Å². The number of aliphatic hydroxyl groups excluding tert-OH is 1. The van der Waals surface area contributed by atoms with Crippen molar-refractivity contribution in [2.75, 3.05) is 19.8 Å². The number of rotatable bonds is 7. The Morgan fingerprint density at radius 1 is 1.37 bits per heavy atom. The van der Waals surface area contributed by atoms with Crippen LogP contribution in [-0.2, 0) is 0 Å². The molecule has 1 aliphatic carbocycles. The largest absolute Gasteiger partial charge is 0.486 e. The number of hydrogen-bond acceptors (Lipinski definition) is 3. The lowest BCUT2D eigenvalue weighted by Crippen LogP contribution is -2.55. The van der Waals surface area contributed by atoms with Crippen molar-refractivity contribution in [2.45, 2.75) is 25.3 Å². The molecule has 5 heteroatoms. The van der Waals surface area contributed by atoms with Gasteiger partial charge in [-0.05, 0) is 37.4 Å². The van der Waals surface area contributed by atoms with Gasteiger partial charge in [0.2, 0.25) is 0 Å². The second-order valence-electron chi connectivity index (χ2n) is 4.96. The lowest BCUT2D eigenvalue weighted by molar-refractivity contribution is 0.0825. The van der Waals surface area contributed by atoms with E-state index in [0.29, 0.717) is 12.5 Å². The number of aliphatic hydroxyl groups is 1. The fraction of sp³-hybridized carbons (Fsp3) is 0.571. The fourth-order valence-electron chi connectivity index (χ4n) is 2.35. The Kier molecular flexibility index (Phi) is 4.37. The van der Waals surface area contributed by atoms with Gasteiger partial charge in [-0.25, -0.2) is 8.78 Å². The number of ether oxygens (including phenoxy) is 1. The highest BCUT2D eigenvalue weighted by Crippen LogP contribution is 2.40. The predicted octanol–water partition coefficient (Wildman–Crippen LogP) is 2.09.